The van der Waals surface area contributed by atoms with Crippen LogP contribution in [-0.4, -0.2) is 49.3 Å². The molecule has 0 spiro atoms. The largest absolute Gasteiger partial charge is 0.395 e. The number of aliphatic hydroxyl groups excluding tert-OH is 1. The van der Waals surface area contributed by atoms with E-state index in [2.05, 4.69) is 24.2 Å². The number of aliphatic hydroxyl groups is 1. The van der Waals surface area contributed by atoms with Crippen LogP contribution in [0.2, 0.25) is 0 Å². The molecule has 0 aliphatic carbocycles. The van der Waals surface area contributed by atoms with Gasteiger partial charge in [-0.2, -0.15) is 0 Å². The lowest BCUT2D eigenvalue weighted by atomic mass is 9.97. The van der Waals surface area contributed by atoms with Crippen LogP contribution in [0.25, 0.3) is 0 Å². The lowest BCUT2D eigenvalue weighted by Gasteiger charge is -2.30. The van der Waals surface area contributed by atoms with Crippen LogP contribution in [0.15, 0.2) is 0 Å². The number of likely N-dealkylation sites (N-methyl/N-ethyl adjacent to an activating group) is 1. The average molecular weight is 186 g/mol. The molecule has 1 aliphatic heterocycles. The van der Waals surface area contributed by atoms with Crippen molar-refractivity contribution >= 4 is 0 Å². The van der Waals surface area contributed by atoms with Crippen molar-refractivity contribution in [2.24, 2.45) is 5.92 Å². The van der Waals surface area contributed by atoms with Crippen LogP contribution in [0, 0.1) is 5.92 Å². The quantitative estimate of drug-likeness (QED) is 0.663. The van der Waals surface area contributed by atoms with Crippen LogP contribution in [-0.2, 0) is 0 Å². The molecule has 0 saturated carbocycles. The minimum atomic E-state index is 0.265. The zero-order chi connectivity index (χ0) is 9.68. The van der Waals surface area contributed by atoms with Gasteiger partial charge in [0.2, 0.25) is 0 Å². The molecule has 0 aromatic rings. The maximum Gasteiger partial charge on any atom is 0.0584 e. The Morgan fingerprint density at radius 2 is 2.08 bits per heavy atom. The Bertz CT molecular complexity index is 135. The summed E-state index contributed by atoms with van der Waals surface area (Å²) >= 11 is 0. The maximum absolute atomic E-state index is 8.98. The monoisotopic (exact) mass is 186 g/mol. The molecule has 1 atom stereocenters. The molecular formula is C10H22N2O. The molecule has 13 heavy (non-hydrogen) atoms. The molecule has 0 aromatic carbocycles. The van der Waals surface area contributed by atoms with Crippen LogP contribution in [0.3, 0.4) is 0 Å². The number of hydrogen-bond acceptors (Lipinski definition) is 3. The van der Waals surface area contributed by atoms with E-state index in [1.807, 2.05) is 0 Å². The van der Waals surface area contributed by atoms with E-state index in [1.165, 1.54) is 12.8 Å². The lowest BCUT2D eigenvalue weighted by molar-refractivity contribution is 0.134. The molecule has 1 rings (SSSR count). The van der Waals surface area contributed by atoms with Gasteiger partial charge in [-0.3, -0.25) is 0 Å². The van der Waals surface area contributed by atoms with Gasteiger partial charge in [-0.1, -0.05) is 0 Å². The second kappa shape index (κ2) is 5.58. The van der Waals surface area contributed by atoms with E-state index in [4.69, 9.17) is 5.11 Å². The summed E-state index contributed by atoms with van der Waals surface area (Å²) in [6.45, 7) is 5.78. The highest BCUT2D eigenvalue weighted by atomic mass is 16.3. The number of nitrogens with one attached hydrogen (secondary N) is 1. The van der Waals surface area contributed by atoms with Crippen LogP contribution < -0.4 is 5.32 Å². The summed E-state index contributed by atoms with van der Waals surface area (Å²) in [7, 11) is 2.10. The maximum atomic E-state index is 8.98. The Hall–Kier alpha value is -0.120. The molecule has 0 amide bonds. The van der Waals surface area contributed by atoms with E-state index < -0.39 is 0 Å². The van der Waals surface area contributed by atoms with Gasteiger partial charge in [-0.25, -0.2) is 0 Å². The van der Waals surface area contributed by atoms with Gasteiger partial charge in [0.15, 0.2) is 0 Å². The van der Waals surface area contributed by atoms with Crippen LogP contribution in [0.5, 0.6) is 0 Å². The fourth-order valence-corrected chi connectivity index (χ4v) is 1.79. The Morgan fingerprint density at radius 3 is 2.62 bits per heavy atom. The van der Waals surface area contributed by atoms with E-state index in [0.717, 1.165) is 25.6 Å². The van der Waals surface area contributed by atoms with E-state index in [1.54, 1.807) is 0 Å². The molecule has 1 fully saturated rings. The number of nitrogens with zero attached hydrogens (tertiary/aromatic N) is 1. The highest BCUT2D eigenvalue weighted by molar-refractivity contribution is 4.73. The second-order valence-electron chi connectivity index (χ2n) is 4.16. The van der Waals surface area contributed by atoms with Gasteiger partial charge in [-0.15, -0.1) is 0 Å². The summed E-state index contributed by atoms with van der Waals surface area (Å²) in [6.07, 6.45) is 2.56. The van der Waals surface area contributed by atoms with Gasteiger partial charge >= 0.3 is 0 Å². The first-order valence-electron chi connectivity index (χ1n) is 5.26. The molecule has 1 saturated heterocycles. The Kier molecular flexibility index (Phi) is 4.70. The minimum Gasteiger partial charge on any atom is -0.395 e. The summed E-state index contributed by atoms with van der Waals surface area (Å²) in [4.78, 5) is 2.26. The van der Waals surface area contributed by atoms with Crippen molar-refractivity contribution in [2.45, 2.75) is 25.8 Å². The SMILES string of the molecule is CC(CO)N(C)CC1CCNCC1. The number of piperidine rings is 1. The minimum absolute atomic E-state index is 0.265. The van der Waals surface area contributed by atoms with Gasteiger partial charge in [0.25, 0.3) is 0 Å². The van der Waals surface area contributed by atoms with Crippen molar-refractivity contribution in [3.63, 3.8) is 0 Å². The molecule has 1 unspecified atom stereocenters. The highest BCUT2D eigenvalue weighted by Crippen LogP contribution is 2.13. The standard InChI is InChI=1S/C10H22N2O/c1-9(8-13)12(2)7-10-3-5-11-6-4-10/h9-11,13H,3-8H2,1-2H3. The van der Waals surface area contributed by atoms with Gasteiger partial charge in [0.1, 0.15) is 0 Å². The van der Waals surface area contributed by atoms with Crippen molar-refractivity contribution in [3.05, 3.63) is 0 Å². The third kappa shape index (κ3) is 3.63. The Labute approximate surface area is 81.1 Å². The number of hydrogen-bond donors (Lipinski definition) is 2. The van der Waals surface area contributed by atoms with Gasteiger partial charge in [0, 0.05) is 12.6 Å². The van der Waals surface area contributed by atoms with Crippen LogP contribution in [0.1, 0.15) is 19.8 Å². The molecule has 0 radical (unpaired) electrons. The smallest absolute Gasteiger partial charge is 0.0584 e. The summed E-state index contributed by atoms with van der Waals surface area (Å²) in [5.74, 6) is 0.820. The normalized spacial score (nSPS) is 22.2. The van der Waals surface area contributed by atoms with Gasteiger partial charge in [-0.05, 0) is 45.8 Å². The van der Waals surface area contributed by atoms with E-state index >= 15 is 0 Å². The van der Waals surface area contributed by atoms with Gasteiger partial charge < -0.3 is 15.3 Å². The first-order valence-corrected chi connectivity index (χ1v) is 5.26. The van der Waals surface area contributed by atoms with Gasteiger partial charge in [0.05, 0.1) is 6.61 Å². The zero-order valence-electron chi connectivity index (χ0n) is 8.79. The molecular weight excluding hydrogens is 164 g/mol. The van der Waals surface area contributed by atoms with Crippen molar-refractivity contribution in [1.29, 1.82) is 0 Å². The van der Waals surface area contributed by atoms with Crippen molar-refractivity contribution in [2.75, 3.05) is 33.3 Å². The summed E-state index contributed by atoms with van der Waals surface area (Å²) in [5.41, 5.74) is 0. The summed E-state index contributed by atoms with van der Waals surface area (Å²) < 4.78 is 0. The molecule has 0 bridgehead atoms. The van der Waals surface area contributed by atoms with Crippen LogP contribution >= 0.6 is 0 Å². The fourth-order valence-electron chi connectivity index (χ4n) is 1.79. The molecule has 3 heteroatoms. The van der Waals surface area contributed by atoms with Crippen molar-refractivity contribution in [1.82, 2.24) is 10.2 Å². The number of rotatable bonds is 4. The zero-order valence-corrected chi connectivity index (χ0v) is 8.79. The third-order valence-corrected chi connectivity index (χ3v) is 3.02. The lowest BCUT2D eigenvalue weighted by Crippen LogP contribution is -2.39. The second-order valence-corrected chi connectivity index (χ2v) is 4.16. The molecule has 3 nitrogen and oxygen atoms in total. The highest BCUT2D eigenvalue weighted by Gasteiger charge is 2.17. The molecule has 78 valence electrons. The Morgan fingerprint density at radius 1 is 1.46 bits per heavy atom. The van der Waals surface area contributed by atoms with Crippen molar-refractivity contribution in [3.8, 4) is 0 Å². The predicted octanol–water partition coefficient (Wildman–Crippen LogP) is 0.299. The Balaban J connectivity index is 2.21. The predicted molar refractivity (Wildman–Crippen MR) is 54.8 cm³/mol. The first kappa shape index (κ1) is 11.0. The molecule has 1 heterocycles. The van der Waals surface area contributed by atoms with E-state index in [0.29, 0.717) is 6.04 Å². The van der Waals surface area contributed by atoms with E-state index in [9.17, 15) is 0 Å². The topological polar surface area (TPSA) is 35.5 Å². The molecule has 1 aliphatic rings. The molecule has 2 N–H and O–H groups in total. The molecule has 0 aromatic heterocycles. The third-order valence-electron chi connectivity index (χ3n) is 3.02. The van der Waals surface area contributed by atoms with Crippen LogP contribution in [0.4, 0.5) is 0 Å². The fraction of sp³-hybridized carbons (Fsp3) is 1.00. The van der Waals surface area contributed by atoms with Crippen molar-refractivity contribution < 1.29 is 5.11 Å². The summed E-state index contributed by atoms with van der Waals surface area (Å²) in [6, 6.07) is 0.301. The average Bonchev–Trinajstić information content (AvgIpc) is 2.18. The summed E-state index contributed by atoms with van der Waals surface area (Å²) in [5, 5.41) is 12.3. The van der Waals surface area contributed by atoms with E-state index in [-0.39, 0.29) is 6.61 Å². The first-order chi connectivity index (χ1) is 6.24.